The van der Waals surface area contributed by atoms with Gasteiger partial charge in [0.2, 0.25) is 5.91 Å². The third-order valence-corrected chi connectivity index (χ3v) is 2.35. The number of nitrogens with one attached hydrogen (secondary N) is 1. The number of rotatable bonds is 6. The van der Waals surface area contributed by atoms with Crippen LogP contribution in [0.15, 0.2) is 24.3 Å². The maximum Gasteiger partial charge on any atom is 0.236 e. The second-order valence-electron chi connectivity index (χ2n) is 3.78. The summed E-state index contributed by atoms with van der Waals surface area (Å²) in [6, 6.07) is 7.67. The van der Waals surface area contributed by atoms with Crippen molar-refractivity contribution in [2.45, 2.75) is 19.5 Å². The third-order valence-electron chi connectivity index (χ3n) is 2.35. The lowest BCUT2D eigenvalue weighted by atomic mass is 10.1. The lowest BCUT2D eigenvalue weighted by Crippen LogP contribution is -2.44. The predicted octanol–water partition coefficient (Wildman–Crippen LogP) is 0.585. The number of hydrogen-bond donors (Lipinski definition) is 2. The van der Waals surface area contributed by atoms with E-state index in [-0.39, 0.29) is 0 Å². The molecule has 1 aromatic carbocycles. The zero-order valence-corrected chi connectivity index (χ0v) is 9.69. The summed E-state index contributed by atoms with van der Waals surface area (Å²) in [5, 5.41) is 3.06. The van der Waals surface area contributed by atoms with Crippen LogP contribution in [-0.4, -0.2) is 25.7 Å². The van der Waals surface area contributed by atoms with Gasteiger partial charge in [-0.25, -0.2) is 0 Å². The number of ether oxygens (including phenoxy) is 1. The molecular weight excluding hydrogens is 204 g/mol. The Morgan fingerprint density at radius 1 is 1.44 bits per heavy atom. The van der Waals surface area contributed by atoms with Crippen molar-refractivity contribution in [1.82, 2.24) is 5.32 Å². The minimum absolute atomic E-state index is 0.293. The van der Waals surface area contributed by atoms with Gasteiger partial charge in [-0.1, -0.05) is 29.8 Å². The molecule has 0 bridgehead atoms. The number of primary amides is 1. The van der Waals surface area contributed by atoms with Crippen LogP contribution in [0, 0.1) is 6.92 Å². The van der Waals surface area contributed by atoms with Gasteiger partial charge >= 0.3 is 0 Å². The van der Waals surface area contributed by atoms with Crippen molar-refractivity contribution in [3.05, 3.63) is 35.4 Å². The fraction of sp³-hybridized carbons (Fsp3) is 0.417. The Kier molecular flexibility index (Phi) is 4.95. The average Bonchev–Trinajstić information content (AvgIpc) is 2.26. The highest BCUT2D eigenvalue weighted by molar-refractivity contribution is 5.79. The number of carbonyl (C=O) groups is 1. The van der Waals surface area contributed by atoms with Crippen molar-refractivity contribution in [2.75, 3.05) is 13.7 Å². The molecule has 3 N–H and O–H groups in total. The number of benzene rings is 1. The predicted molar refractivity (Wildman–Crippen MR) is 62.9 cm³/mol. The van der Waals surface area contributed by atoms with Crippen LogP contribution >= 0.6 is 0 Å². The molecule has 0 fully saturated rings. The van der Waals surface area contributed by atoms with Crippen molar-refractivity contribution < 1.29 is 9.53 Å². The lowest BCUT2D eigenvalue weighted by Gasteiger charge is -2.14. The average molecular weight is 222 g/mol. The Morgan fingerprint density at radius 3 is 2.56 bits per heavy atom. The largest absolute Gasteiger partial charge is 0.383 e. The molecule has 16 heavy (non-hydrogen) atoms. The van der Waals surface area contributed by atoms with Crippen LogP contribution in [0.3, 0.4) is 0 Å². The highest BCUT2D eigenvalue weighted by Crippen LogP contribution is 2.02. The minimum Gasteiger partial charge on any atom is -0.383 e. The third kappa shape index (κ3) is 4.00. The Morgan fingerprint density at radius 2 is 2.06 bits per heavy atom. The first kappa shape index (κ1) is 12.7. The quantitative estimate of drug-likeness (QED) is 0.740. The van der Waals surface area contributed by atoms with E-state index in [9.17, 15) is 4.79 Å². The van der Waals surface area contributed by atoms with Gasteiger partial charge in [0.05, 0.1) is 6.61 Å². The molecule has 0 aliphatic carbocycles. The number of hydrogen-bond acceptors (Lipinski definition) is 3. The van der Waals surface area contributed by atoms with Crippen molar-refractivity contribution in [1.29, 1.82) is 0 Å². The maximum absolute atomic E-state index is 11.0. The second kappa shape index (κ2) is 6.25. The molecule has 0 saturated carbocycles. The first-order valence-corrected chi connectivity index (χ1v) is 5.20. The number of aryl methyl sites for hydroxylation is 1. The first-order valence-electron chi connectivity index (χ1n) is 5.20. The van der Waals surface area contributed by atoms with Crippen molar-refractivity contribution in [3.8, 4) is 0 Å². The number of amides is 1. The Bertz CT molecular complexity index is 335. The molecule has 0 aliphatic rings. The van der Waals surface area contributed by atoms with E-state index in [2.05, 4.69) is 5.32 Å². The Labute approximate surface area is 95.8 Å². The van der Waals surface area contributed by atoms with Gasteiger partial charge in [0, 0.05) is 13.7 Å². The molecule has 4 heteroatoms. The fourth-order valence-electron chi connectivity index (χ4n) is 1.36. The molecule has 0 heterocycles. The summed E-state index contributed by atoms with van der Waals surface area (Å²) in [5.41, 5.74) is 7.56. The molecule has 1 atom stereocenters. The highest BCUT2D eigenvalue weighted by atomic mass is 16.5. The topological polar surface area (TPSA) is 64.3 Å². The SMILES string of the molecule is COCC(NCc1ccc(C)cc1)C(N)=O. The van der Waals surface area contributed by atoms with Crippen LogP contribution in [-0.2, 0) is 16.1 Å². The zero-order valence-electron chi connectivity index (χ0n) is 9.69. The van der Waals surface area contributed by atoms with Gasteiger partial charge in [-0.15, -0.1) is 0 Å². The second-order valence-corrected chi connectivity index (χ2v) is 3.78. The van der Waals surface area contributed by atoms with Gasteiger partial charge in [-0.3, -0.25) is 10.1 Å². The van der Waals surface area contributed by atoms with Crippen LogP contribution < -0.4 is 11.1 Å². The molecule has 1 unspecified atom stereocenters. The summed E-state index contributed by atoms with van der Waals surface area (Å²) in [4.78, 5) is 11.0. The van der Waals surface area contributed by atoms with Gasteiger partial charge in [0.25, 0.3) is 0 Å². The summed E-state index contributed by atoms with van der Waals surface area (Å²) in [7, 11) is 1.55. The van der Waals surface area contributed by atoms with E-state index < -0.39 is 11.9 Å². The smallest absolute Gasteiger partial charge is 0.236 e. The molecule has 1 rings (SSSR count). The molecule has 88 valence electrons. The van der Waals surface area contributed by atoms with Crippen LogP contribution in [0.1, 0.15) is 11.1 Å². The summed E-state index contributed by atoms with van der Waals surface area (Å²) >= 11 is 0. The highest BCUT2D eigenvalue weighted by Gasteiger charge is 2.13. The Balaban J connectivity index is 2.48. The molecule has 1 aromatic rings. The molecule has 0 radical (unpaired) electrons. The molecule has 0 aliphatic heterocycles. The van der Waals surface area contributed by atoms with E-state index in [1.807, 2.05) is 31.2 Å². The number of methoxy groups -OCH3 is 1. The number of carbonyl (C=O) groups excluding carboxylic acids is 1. The van der Waals surface area contributed by atoms with Crippen LogP contribution in [0.25, 0.3) is 0 Å². The molecule has 0 spiro atoms. The van der Waals surface area contributed by atoms with Gasteiger partial charge in [0.15, 0.2) is 0 Å². The molecule has 4 nitrogen and oxygen atoms in total. The number of nitrogens with two attached hydrogens (primary N) is 1. The first-order chi connectivity index (χ1) is 7.63. The van der Waals surface area contributed by atoms with Gasteiger partial charge in [-0.2, -0.15) is 0 Å². The van der Waals surface area contributed by atoms with E-state index in [1.165, 1.54) is 5.56 Å². The van der Waals surface area contributed by atoms with Gasteiger partial charge in [0.1, 0.15) is 6.04 Å². The lowest BCUT2D eigenvalue weighted by molar-refractivity contribution is -0.121. The summed E-state index contributed by atoms with van der Waals surface area (Å²) < 4.78 is 4.91. The molecular formula is C12H18N2O2. The van der Waals surface area contributed by atoms with Crippen molar-refractivity contribution in [3.63, 3.8) is 0 Å². The van der Waals surface area contributed by atoms with Crippen molar-refractivity contribution >= 4 is 5.91 Å². The zero-order chi connectivity index (χ0) is 12.0. The standard InChI is InChI=1S/C12H18N2O2/c1-9-3-5-10(6-4-9)7-14-11(8-16-2)12(13)15/h3-6,11,14H,7-8H2,1-2H3,(H2,13,15). The molecule has 0 aromatic heterocycles. The minimum atomic E-state index is -0.439. The normalized spacial score (nSPS) is 12.4. The van der Waals surface area contributed by atoms with Gasteiger partial charge < -0.3 is 10.5 Å². The van der Waals surface area contributed by atoms with E-state index in [4.69, 9.17) is 10.5 Å². The molecule has 0 saturated heterocycles. The van der Waals surface area contributed by atoms with E-state index >= 15 is 0 Å². The summed E-state index contributed by atoms with van der Waals surface area (Å²) in [6.45, 7) is 2.94. The van der Waals surface area contributed by atoms with E-state index in [0.717, 1.165) is 5.56 Å². The van der Waals surface area contributed by atoms with Crippen LogP contribution in [0.4, 0.5) is 0 Å². The van der Waals surface area contributed by atoms with Crippen LogP contribution in [0.5, 0.6) is 0 Å². The van der Waals surface area contributed by atoms with Crippen molar-refractivity contribution in [2.24, 2.45) is 5.73 Å². The van der Waals surface area contributed by atoms with E-state index in [1.54, 1.807) is 7.11 Å². The Hall–Kier alpha value is -1.39. The van der Waals surface area contributed by atoms with E-state index in [0.29, 0.717) is 13.2 Å². The fourth-order valence-corrected chi connectivity index (χ4v) is 1.36. The monoisotopic (exact) mass is 222 g/mol. The summed E-state index contributed by atoms with van der Waals surface area (Å²) in [6.07, 6.45) is 0. The summed E-state index contributed by atoms with van der Waals surface area (Å²) in [5.74, 6) is -0.394. The van der Waals surface area contributed by atoms with Crippen LogP contribution in [0.2, 0.25) is 0 Å². The van der Waals surface area contributed by atoms with Gasteiger partial charge in [-0.05, 0) is 12.5 Å². The maximum atomic E-state index is 11.0. The molecule has 1 amide bonds.